The minimum Gasteiger partial charge on any atom is -0.208 e. The first-order valence-electron chi connectivity index (χ1n) is 17.0. The number of nitrogens with zero attached hydrogens (tertiary/aromatic N) is 4. The maximum atomic E-state index is 9.79. The van der Waals surface area contributed by atoms with Gasteiger partial charge in [0.1, 0.15) is 0 Å². The zero-order valence-electron chi connectivity index (χ0n) is 26.8. The summed E-state index contributed by atoms with van der Waals surface area (Å²) in [5.74, 6) is 2.01. The van der Waals surface area contributed by atoms with Gasteiger partial charge in [0.25, 0.3) is 0 Å². The van der Waals surface area contributed by atoms with Crippen LogP contribution in [0, 0.1) is 11.3 Å². The van der Waals surface area contributed by atoms with E-state index >= 15 is 0 Å². The molecule has 2 aliphatic carbocycles. The van der Waals surface area contributed by atoms with Gasteiger partial charge in [0.05, 0.1) is 11.6 Å². The molecule has 0 unspecified atom stereocenters. The second-order valence-electron chi connectivity index (χ2n) is 13.5. The van der Waals surface area contributed by atoms with Crippen LogP contribution >= 0.6 is 11.3 Å². The first-order valence-corrected chi connectivity index (χ1v) is 17.9. The first-order chi connectivity index (χ1) is 24.2. The molecular weight excluding hydrogens is 617 g/mol. The Labute approximate surface area is 288 Å². The third-order valence-electron chi connectivity index (χ3n) is 10.7. The zero-order valence-corrected chi connectivity index (χ0v) is 27.6. The van der Waals surface area contributed by atoms with Gasteiger partial charge in [0.2, 0.25) is 0 Å². The summed E-state index contributed by atoms with van der Waals surface area (Å²) in [6.07, 6.45) is 5.79. The maximum absolute atomic E-state index is 9.79. The number of thiophene rings is 1. The molecule has 2 aromatic heterocycles. The van der Waals surface area contributed by atoms with Crippen LogP contribution in [0.2, 0.25) is 0 Å². The van der Waals surface area contributed by atoms with Crippen molar-refractivity contribution < 1.29 is 0 Å². The number of benzene rings is 6. The van der Waals surface area contributed by atoms with Crippen LogP contribution in [0.1, 0.15) is 48.8 Å². The van der Waals surface area contributed by atoms with E-state index in [0.29, 0.717) is 17.5 Å². The minimum absolute atomic E-state index is 0.0883. The number of fused-ring (bicyclic) bond motifs is 9. The van der Waals surface area contributed by atoms with Gasteiger partial charge < -0.3 is 0 Å². The van der Waals surface area contributed by atoms with Crippen molar-refractivity contribution in [2.24, 2.45) is 0 Å². The summed E-state index contributed by atoms with van der Waals surface area (Å²) in [7, 11) is 0. The normalized spacial score (nSPS) is 14.7. The van der Waals surface area contributed by atoms with E-state index in [0.717, 1.165) is 40.5 Å². The third-order valence-corrected chi connectivity index (χ3v) is 11.9. The van der Waals surface area contributed by atoms with Crippen LogP contribution in [0.15, 0.2) is 121 Å². The Kier molecular flexibility index (Phi) is 6.31. The van der Waals surface area contributed by atoms with Gasteiger partial charge in [-0.3, -0.25) is 0 Å². The Morgan fingerprint density at radius 3 is 1.94 bits per heavy atom. The molecule has 1 fully saturated rings. The number of hydrogen-bond acceptors (Lipinski definition) is 5. The van der Waals surface area contributed by atoms with E-state index in [4.69, 9.17) is 15.0 Å². The van der Waals surface area contributed by atoms with E-state index in [2.05, 4.69) is 121 Å². The van der Waals surface area contributed by atoms with Crippen LogP contribution in [-0.4, -0.2) is 15.0 Å². The van der Waals surface area contributed by atoms with Crippen LogP contribution < -0.4 is 0 Å². The van der Waals surface area contributed by atoms with Crippen LogP contribution in [0.5, 0.6) is 0 Å². The summed E-state index contributed by atoms with van der Waals surface area (Å²) in [6, 6.07) is 45.4. The third kappa shape index (κ3) is 4.45. The molecule has 49 heavy (non-hydrogen) atoms. The average molecular weight is 647 g/mol. The van der Waals surface area contributed by atoms with Crippen molar-refractivity contribution in [2.45, 2.75) is 37.5 Å². The number of nitriles is 1. The fourth-order valence-electron chi connectivity index (χ4n) is 8.35. The molecule has 1 spiro atoms. The van der Waals surface area contributed by atoms with Gasteiger partial charge in [-0.2, -0.15) is 5.26 Å². The van der Waals surface area contributed by atoms with Gasteiger partial charge in [-0.15, -0.1) is 11.3 Å². The highest BCUT2D eigenvalue weighted by molar-refractivity contribution is 7.25. The topological polar surface area (TPSA) is 62.5 Å². The molecule has 0 bridgehead atoms. The van der Waals surface area contributed by atoms with Gasteiger partial charge >= 0.3 is 0 Å². The Balaban J connectivity index is 1.17. The molecule has 1 saturated carbocycles. The molecule has 232 valence electrons. The van der Waals surface area contributed by atoms with E-state index in [9.17, 15) is 5.26 Å². The summed E-state index contributed by atoms with van der Waals surface area (Å²) in [5, 5.41) is 14.7. The van der Waals surface area contributed by atoms with Crippen molar-refractivity contribution in [1.82, 2.24) is 15.0 Å². The molecule has 5 heteroatoms. The van der Waals surface area contributed by atoms with Crippen LogP contribution in [-0.2, 0) is 5.41 Å². The summed E-state index contributed by atoms with van der Waals surface area (Å²) < 4.78 is 2.50. The number of hydrogen-bond donors (Lipinski definition) is 0. The lowest BCUT2D eigenvalue weighted by molar-refractivity contribution is 0.353. The van der Waals surface area contributed by atoms with Crippen LogP contribution in [0.4, 0.5) is 0 Å². The predicted molar refractivity (Wildman–Crippen MR) is 201 cm³/mol. The fourth-order valence-corrected chi connectivity index (χ4v) is 9.50. The highest BCUT2D eigenvalue weighted by Crippen LogP contribution is 2.56. The monoisotopic (exact) mass is 646 g/mol. The van der Waals surface area contributed by atoms with E-state index in [-0.39, 0.29) is 5.41 Å². The van der Waals surface area contributed by atoms with E-state index in [1.165, 1.54) is 67.1 Å². The summed E-state index contributed by atoms with van der Waals surface area (Å²) in [5.41, 5.74) is 8.75. The molecule has 0 atom stereocenters. The molecule has 8 aromatic rings. The molecule has 0 saturated heterocycles. The SMILES string of the molecule is N#Cc1ccc2c(c1)C1(CCCCC1)c1cc(-c3nc(-c4ccc5ccccc5c4)nc(-c4ccc5c(c4)sc4ccccc45)n3)ccc1-2. The highest BCUT2D eigenvalue weighted by Gasteiger charge is 2.44. The minimum atomic E-state index is -0.0883. The van der Waals surface area contributed by atoms with E-state index < -0.39 is 0 Å². The van der Waals surface area contributed by atoms with Crippen molar-refractivity contribution in [3.63, 3.8) is 0 Å². The van der Waals surface area contributed by atoms with E-state index in [1.54, 1.807) is 11.3 Å². The molecule has 2 heterocycles. The summed E-state index contributed by atoms with van der Waals surface area (Å²) in [6.45, 7) is 0. The molecule has 0 N–H and O–H groups in total. The van der Waals surface area contributed by atoms with Gasteiger partial charge in [-0.05, 0) is 82.3 Å². The molecule has 2 aliphatic rings. The number of aromatic nitrogens is 3. The smallest absolute Gasteiger partial charge is 0.164 e. The Bertz CT molecular complexity index is 2670. The van der Waals surface area contributed by atoms with E-state index in [1.807, 2.05) is 6.07 Å². The molecule has 6 aromatic carbocycles. The standard InChI is InChI=1S/C44H30N4S/c45-26-27-12-17-33-34-18-15-31(24-38(34)44(37(33)22-27)20-6-1-7-21-44)42-46-41(30-14-13-28-8-2-3-9-29(28)23-30)47-43(48-42)32-16-19-36-35-10-4-5-11-39(35)49-40(36)25-32/h2-5,8-19,22-25H,1,6-7,20-21H2. The van der Waals surface area contributed by atoms with Gasteiger partial charge in [0, 0.05) is 42.3 Å². The highest BCUT2D eigenvalue weighted by atomic mass is 32.1. The fraction of sp³-hybridized carbons (Fsp3) is 0.136. The predicted octanol–water partition coefficient (Wildman–Crippen LogP) is 11.5. The van der Waals surface area contributed by atoms with Crippen LogP contribution in [0.25, 0.3) is 76.2 Å². The first kappa shape index (κ1) is 28.3. The van der Waals surface area contributed by atoms with Gasteiger partial charge in [-0.25, -0.2) is 15.0 Å². The van der Waals surface area contributed by atoms with Crippen molar-refractivity contribution in [3.8, 4) is 51.4 Å². The van der Waals surface area contributed by atoms with Crippen molar-refractivity contribution in [3.05, 3.63) is 138 Å². The van der Waals surface area contributed by atoms with Gasteiger partial charge in [0.15, 0.2) is 17.5 Å². The lowest BCUT2D eigenvalue weighted by Crippen LogP contribution is -2.28. The summed E-state index contributed by atoms with van der Waals surface area (Å²) in [4.78, 5) is 15.5. The maximum Gasteiger partial charge on any atom is 0.164 e. The molecule has 10 rings (SSSR count). The average Bonchev–Trinajstić information content (AvgIpc) is 3.66. The molecule has 0 amide bonds. The lowest BCUT2D eigenvalue weighted by atomic mass is 9.67. The Morgan fingerprint density at radius 1 is 0.531 bits per heavy atom. The van der Waals surface area contributed by atoms with Crippen LogP contribution in [0.3, 0.4) is 0 Å². The molecule has 4 nitrogen and oxygen atoms in total. The zero-order chi connectivity index (χ0) is 32.5. The molecular formula is C44H30N4S. The molecule has 0 aliphatic heterocycles. The Morgan fingerprint density at radius 2 is 1.14 bits per heavy atom. The Hall–Kier alpha value is -5.70. The van der Waals surface area contributed by atoms with Gasteiger partial charge in [-0.1, -0.05) is 104 Å². The lowest BCUT2D eigenvalue weighted by Gasteiger charge is -2.36. The largest absolute Gasteiger partial charge is 0.208 e. The summed E-state index contributed by atoms with van der Waals surface area (Å²) >= 11 is 1.80. The number of rotatable bonds is 3. The molecule has 0 radical (unpaired) electrons. The van der Waals surface area contributed by atoms with Crippen molar-refractivity contribution in [2.75, 3.05) is 0 Å². The van der Waals surface area contributed by atoms with Crippen molar-refractivity contribution >= 4 is 42.3 Å². The second kappa shape index (κ2) is 10.9. The quantitative estimate of drug-likeness (QED) is 0.192. The van der Waals surface area contributed by atoms with Crippen molar-refractivity contribution in [1.29, 1.82) is 5.26 Å². The second-order valence-corrected chi connectivity index (χ2v) is 14.5.